The van der Waals surface area contributed by atoms with E-state index in [0.717, 1.165) is 45.2 Å². The highest BCUT2D eigenvalue weighted by molar-refractivity contribution is 6.48. The number of hydrogen-bond donors (Lipinski definition) is 0. The van der Waals surface area contributed by atoms with Gasteiger partial charge < -0.3 is 13.7 Å². The van der Waals surface area contributed by atoms with E-state index >= 15 is 0 Å². The molecule has 1 fully saturated rings. The minimum Gasteiger partial charge on any atom is -0.415 e. The minimum absolute atomic E-state index is 0.129. The molecule has 2 rings (SSSR count). The Balaban J connectivity index is 2.12. The molecule has 1 saturated heterocycles. The molecule has 1 aliphatic rings. The number of morpholine rings is 1. The van der Waals surface area contributed by atoms with E-state index in [1.54, 1.807) is 0 Å². The van der Waals surface area contributed by atoms with E-state index in [-0.39, 0.29) is 11.5 Å². The van der Waals surface area contributed by atoms with E-state index in [2.05, 4.69) is 55.2 Å². The van der Waals surface area contributed by atoms with E-state index in [0.29, 0.717) is 0 Å². The first-order valence-electron chi connectivity index (χ1n) is 8.74. The lowest BCUT2D eigenvalue weighted by atomic mass is 9.89. The monoisotopic (exact) mass is 339 g/mol. The molecule has 2 heterocycles. The van der Waals surface area contributed by atoms with Gasteiger partial charge in [0.15, 0.2) is 9.04 Å². The van der Waals surface area contributed by atoms with Crippen LogP contribution in [0.3, 0.4) is 0 Å². The molecule has 0 aliphatic carbocycles. The van der Waals surface area contributed by atoms with Crippen LogP contribution in [-0.2, 0) is 22.3 Å². The van der Waals surface area contributed by atoms with E-state index in [4.69, 9.17) is 9.16 Å². The van der Waals surface area contributed by atoms with Crippen molar-refractivity contribution >= 4 is 9.04 Å². The SMILES string of the molecule is Cc1cnc(CN2CCOCC2)n1CC(O[SiH](C)C)C(C)(C)C. The van der Waals surface area contributed by atoms with Gasteiger partial charge in [-0.05, 0) is 25.4 Å². The summed E-state index contributed by atoms with van der Waals surface area (Å²) in [6.45, 7) is 18.8. The molecular weight excluding hydrogens is 306 g/mol. The minimum atomic E-state index is -1.08. The Morgan fingerprint density at radius 3 is 2.52 bits per heavy atom. The summed E-state index contributed by atoms with van der Waals surface area (Å²) in [5.74, 6) is 1.15. The van der Waals surface area contributed by atoms with Crippen molar-refractivity contribution in [2.45, 2.75) is 60.0 Å². The van der Waals surface area contributed by atoms with Gasteiger partial charge in [0, 0.05) is 31.5 Å². The number of imidazole rings is 1. The van der Waals surface area contributed by atoms with Crippen molar-refractivity contribution in [2.24, 2.45) is 5.41 Å². The first kappa shape index (κ1) is 18.6. The molecule has 1 aromatic heterocycles. The van der Waals surface area contributed by atoms with Crippen LogP contribution in [0.15, 0.2) is 6.20 Å². The van der Waals surface area contributed by atoms with Gasteiger partial charge in [-0.3, -0.25) is 4.90 Å². The van der Waals surface area contributed by atoms with Crippen molar-refractivity contribution < 1.29 is 9.16 Å². The van der Waals surface area contributed by atoms with Gasteiger partial charge in [-0.25, -0.2) is 4.98 Å². The Hall–Kier alpha value is -0.693. The van der Waals surface area contributed by atoms with E-state index in [1.807, 2.05) is 6.20 Å². The van der Waals surface area contributed by atoms with Gasteiger partial charge in [0.2, 0.25) is 0 Å². The average Bonchev–Trinajstić information content (AvgIpc) is 2.79. The summed E-state index contributed by atoms with van der Waals surface area (Å²) >= 11 is 0. The summed E-state index contributed by atoms with van der Waals surface area (Å²) in [5.41, 5.74) is 1.35. The lowest BCUT2D eigenvalue weighted by Crippen LogP contribution is -2.39. The molecule has 0 radical (unpaired) electrons. The van der Waals surface area contributed by atoms with Crippen molar-refractivity contribution in [3.05, 3.63) is 17.7 Å². The molecule has 132 valence electrons. The fourth-order valence-corrected chi connectivity index (χ4v) is 4.01. The second-order valence-electron chi connectivity index (χ2n) is 7.85. The lowest BCUT2D eigenvalue weighted by molar-refractivity contribution is 0.0312. The Labute approximate surface area is 142 Å². The van der Waals surface area contributed by atoms with Crippen molar-refractivity contribution in [2.75, 3.05) is 26.3 Å². The van der Waals surface area contributed by atoms with Crippen LogP contribution in [0.5, 0.6) is 0 Å². The highest BCUT2D eigenvalue weighted by Crippen LogP contribution is 2.25. The molecule has 0 spiro atoms. The van der Waals surface area contributed by atoms with Gasteiger partial charge in [-0.1, -0.05) is 20.8 Å². The van der Waals surface area contributed by atoms with Crippen LogP contribution in [0, 0.1) is 12.3 Å². The van der Waals surface area contributed by atoms with Gasteiger partial charge in [-0.15, -0.1) is 0 Å². The third kappa shape index (κ3) is 5.41. The predicted molar refractivity (Wildman–Crippen MR) is 96.3 cm³/mol. The molecule has 1 aromatic rings. The number of aromatic nitrogens is 2. The van der Waals surface area contributed by atoms with Crippen molar-refractivity contribution in [1.82, 2.24) is 14.5 Å². The van der Waals surface area contributed by atoms with Crippen LogP contribution in [0.2, 0.25) is 13.1 Å². The topological polar surface area (TPSA) is 39.5 Å². The second-order valence-corrected chi connectivity index (χ2v) is 10.2. The average molecular weight is 340 g/mol. The first-order chi connectivity index (χ1) is 10.8. The lowest BCUT2D eigenvalue weighted by Gasteiger charge is -2.34. The van der Waals surface area contributed by atoms with Crippen molar-refractivity contribution in [1.29, 1.82) is 0 Å². The normalized spacial score (nSPS) is 18.6. The van der Waals surface area contributed by atoms with Crippen LogP contribution in [0.1, 0.15) is 32.3 Å². The highest BCUT2D eigenvalue weighted by atomic mass is 28.3. The van der Waals surface area contributed by atoms with Crippen LogP contribution in [0.25, 0.3) is 0 Å². The second kappa shape index (κ2) is 7.92. The van der Waals surface area contributed by atoms with E-state index in [1.165, 1.54) is 5.69 Å². The van der Waals surface area contributed by atoms with E-state index < -0.39 is 9.04 Å². The summed E-state index contributed by atoms with van der Waals surface area (Å²) < 4.78 is 14.1. The zero-order chi connectivity index (χ0) is 17.0. The summed E-state index contributed by atoms with van der Waals surface area (Å²) in [5, 5.41) is 0. The molecule has 0 amide bonds. The van der Waals surface area contributed by atoms with Crippen molar-refractivity contribution in [3.63, 3.8) is 0 Å². The molecule has 5 nitrogen and oxygen atoms in total. The number of aryl methyl sites for hydroxylation is 1. The number of rotatable bonds is 6. The van der Waals surface area contributed by atoms with Crippen LogP contribution in [0.4, 0.5) is 0 Å². The maximum absolute atomic E-state index is 6.34. The molecule has 0 aromatic carbocycles. The molecule has 0 saturated carbocycles. The van der Waals surface area contributed by atoms with Crippen LogP contribution >= 0.6 is 0 Å². The van der Waals surface area contributed by atoms with Gasteiger partial charge in [0.25, 0.3) is 0 Å². The Kier molecular flexibility index (Phi) is 6.42. The fraction of sp³-hybridized carbons (Fsp3) is 0.824. The molecule has 1 unspecified atom stereocenters. The third-order valence-corrected chi connectivity index (χ3v) is 5.23. The summed E-state index contributed by atoms with van der Waals surface area (Å²) in [6, 6.07) is 0. The standard InChI is InChI=1S/C17H33N3O2Si/c1-14-11-18-16(13-19-7-9-21-10-8-19)20(14)12-15(17(2,3)4)22-23(5)6/h11,15,23H,7-10,12-13H2,1-6H3. The van der Waals surface area contributed by atoms with Gasteiger partial charge >= 0.3 is 0 Å². The van der Waals surface area contributed by atoms with Gasteiger partial charge in [0.05, 0.1) is 25.9 Å². The third-order valence-electron chi connectivity index (χ3n) is 4.36. The van der Waals surface area contributed by atoms with Crippen LogP contribution in [-0.4, -0.2) is 55.9 Å². The number of ether oxygens (including phenoxy) is 1. The largest absolute Gasteiger partial charge is 0.415 e. The maximum atomic E-state index is 6.34. The summed E-state index contributed by atoms with van der Waals surface area (Å²) in [4.78, 5) is 7.08. The molecule has 0 N–H and O–H groups in total. The van der Waals surface area contributed by atoms with Gasteiger partial charge in [0.1, 0.15) is 5.82 Å². The maximum Gasteiger partial charge on any atom is 0.171 e. The summed E-state index contributed by atoms with van der Waals surface area (Å²) in [6.07, 6.45) is 2.22. The smallest absolute Gasteiger partial charge is 0.171 e. The Morgan fingerprint density at radius 1 is 1.30 bits per heavy atom. The predicted octanol–water partition coefficient (Wildman–Crippen LogP) is 2.44. The summed E-state index contributed by atoms with van der Waals surface area (Å²) in [7, 11) is -1.08. The molecule has 23 heavy (non-hydrogen) atoms. The molecule has 6 heteroatoms. The fourth-order valence-electron chi connectivity index (χ4n) is 2.86. The van der Waals surface area contributed by atoms with Crippen LogP contribution < -0.4 is 0 Å². The Morgan fingerprint density at radius 2 is 1.96 bits per heavy atom. The number of hydrogen-bond acceptors (Lipinski definition) is 4. The quantitative estimate of drug-likeness (QED) is 0.746. The molecule has 0 bridgehead atoms. The molecule has 1 atom stereocenters. The van der Waals surface area contributed by atoms with Gasteiger partial charge in [-0.2, -0.15) is 0 Å². The molecular formula is C17H33N3O2Si. The highest BCUT2D eigenvalue weighted by Gasteiger charge is 2.28. The van der Waals surface area contributed by atoms with Crippen molar-refractivity contribution in [3.8, 4) is 0 Å². The molecule has 1 aliphatic heterocycles. The zero-order valence-corrected chi connectivity index (χ0v) is 16.8. The van der Waals surface area contributed by atoms with E-state index in [9.17, 15) is 0 Å². The number of nitrogens with zero attached hydrogens (tertiary/aromatic N) is 3. The first-order valence-corrected chi connectivity index (χ1v) is 11.5. The zero-order valence-electron chi connectivity index (χ0n) is 15.6. The Bertz CT molecular complexity index is 491.